The van der Waals surface area contributed by atoms with Gasteiger partial charge in [0.25, 0.3) is 5.69 Å². The zero-order valence-corrected chi connectivity index (χ0v) is 13.9. The monoisotopic (exact) mass is 343 g/mol. The molecule has 0 saturated heterocycles. The maximum absolute atomic E-state index is 12.2. The molecule has 0 aromatic heterocycles. The highest BCUT2D eigenvalue weighted by molar-refractivity contribution is 5.89. The van der Waals surface area contributed by atoms with E-state index < -0.39 is 10.9 Å². The van der Waals surface area contributed by atoms with Crippen molar-refractivity contribution in [1.29, 1.82) is 0 Å². The highest BCUT2D eigenvalue weighted by Crippen LogP contribution is 2.33. The van der Waals surface area contributed by atoms with Gasteiger partial charge < -0.3 is 14.2 Å². The molecular weight excluding hydrogens is 326 g/mol. The average Bonchev–Trinajstić information content (AvgIpc) is 2.61. The van der Waals surface area contributed by atoms with Crippen molar-refractivity contribution in [3.8, 4) is 5.75 Å². The minimum Gasteiger partial charge on any atom is -0.467 e. The largest absolute Gasteiger partial charge is 0.467 e. The molecule has 0 fully saturated rings. The standard InChI is InChI=1S/C18H17NO6/c1-11-3-4-13(5-12(11)2)18(20)24-9-15-7-16(19(21)22)6-14-8-23-10-25-17(14)15/h3-7H,8-10H2,1-2H3. The quantitative estimate of drug-likeness (QED) is 0.480. The number of nitro groups is 1. The molecule has 3 rings (SSSR count). The third kappa shape index (κ3) is 3.61. The topological polar surface area (TPSA) is 87.9 Å². The number of ether oxygens (including phenoxy) is 3. The normalized spacial score (nSPS) is 12.9. The van der Waals surface area contributed by atoms with Crippen LogP contribution in [0.2, 0.25) is 0 Å². The Morgan fingerprint density at radius 2 is 2.04 bits per heavy atom. The lowest BCUT2D eigenvalue weighted by Gasteiger charge is -2.20. The van der Waals surface area contributed by atoms with Crippen molar-refractivity contribution in [3.63, 3.8) is 0 Å². The van der Waals surface area contributed by atoms with Crippen molar-refractivity contribution in [2.45, 2.75) is 27.1 Å². The van der Waals surface area contributed by atoms with Gasteiger partial charge >= 0.3 is 5.97 Å². The van der Waals surface area contributed by atoms with E-state index in [-0.39, 0.29) is 25.7 Å². The number of hydrogen-bond donors (Lipinski definition) is 0. The maximum Gasteiger partial charge on any atom is 0.338 e. The first-order valence-electron chi connectivity index (χ1n) is 7.71. The molecule has 25 heavy (non-hydrogen) atoms. The fourth-order valence-electron chi connectivity index (χ4n) is 2.59. The van der Waals surface area contributed by atoms with Crippen LogP contribution in [0.1, 0.15) is 32.6 Å². The number of carbonyl (C=O) groups is 1. The van der Waals surface area contributed by atoms with E-state index in [1.807, 2.05) is 19.9 Å². The Labute approximate surface area is 144 Å². The van der Waals surface area contributed by atoms with E-state index in [0.29, 0.717) is 22.4 Å². The predicted molar refractivity (Wildman–Crippen MR) is 88.4 cm³/mol. The summed E-state index contributed by atoms with van der Waals surface area (Å²) in [6, 6.07) is 8.06. The van der Waals surface area contributed by atoms with Gasteiger partial charge in [0.15, 0.2) is 6.79 Å². The molecule has 0 spiro atoms. The highest BCUT2D eigenvalue weighted by Gasteiger charge is 2.22. The van der Waals surface area contributed by atoms with E-state index in [4.69, 9.17) is 14.2 Å². The third-order valence-electron chi connectivity index (χ3n) is 4.08. The smallest absolute Gasteiger partial charge is 0.338 e. The molecule has 0 bridgehead atoms. The molecule has 0 atom stereocenters. The number of non-ortho nitro benzene ring substituents is 1. The van der Waals surface area contributed by atoms with E-state index in [2.05, 4.69) is 0 Å². The SMILES string of the molecule is Cc1ccc(C(=O)OCc2cc([N+](=O)[O-])cc3c2OCOC3)cc1C. The van der Waals surface area contributed by atoms with Gasteiger partial charge in [0, 0.05) is 23.3 Å². The number of rotatable bonds is 4. The zero-order valence-electron chi connectivity index (χ0n) is 13.9. The van der Waals surface area contributed by atoms with Crippen LogP contribution in [-0.4, -0.2) is 17.7 Å². The molecule has 1 heterocycles. The second-order valence-electron chi connectivity index (χ2n) is 5.84. The summed E-state index contributed by atoms with van der Waals surface area (Å²) in [4.78, 5) is 22.8. The van der Waals surface area contributed by atoms with Gasteiger partial charge in [0.1, 0.15) is 12.4 Å². The van der Waals surface area contributed by atoms with E-state index in [1.54, 1.807) is 12.1 Å². The van der Waals surface area contributed by atoms with Crippen molar-refractivity contribution in [2.75, 3.05) is 6.79 Å². The van der Waals surface area contributed by atoms with Gasteiger partial charge in [-0.2, -0.15) is 0 Å². The number of esters is 1. The number of nitrogens with zero attached hydrogens (tertiary/aromatic N) is 1. The first-order chi connectivity index (χ1) is 12.0. The molecule has 1 aliphatic rings. The summed E-state index contributed by atoms with van der Waals surface area (Å²) in [5.74, 6) is -0.0137. The van der Waals surface area contributed by atoms with Gasteiger partial charge in [-0.05, 0) is 37.1 Å². The van der Waals surface area contributed by atoms with Crippen molar-refractivity contribution in [2.24, 2.45) is 0 Å². The summed E-state index contributed by atoms with van der Waals surface area (Å²) in [7, 11) is 0. The first kappa shape index (κ1) is 16.9. The van der Waals surface area contributed by atoms with Crippen LogP contribution in [0, 0.1) is 24.0 Å². The molecule has 0 radical (unpaired) electrons. The van der Waals surface area contributed by atoms with Gasteiger partial charge in [0.2, 0.25) is 0 Å². The van der Waals surface area contributed by atoms with Gasteiger partial charge in [-0.3, -0.25) is 10.1 Å². The van der Waals surface area contributed by atoms with Crippen LogP contribution in [0.3, 0.4) is 0 Å². The van der Waals surface area contributed by atoms with Crippen LogP contribution >= 0.6 is 0 Å². The van der Waals surface area contributed by atoms with Crippen LogP contribution in [0.4, 0.5) is 5.69 Å². The molecule has 0 amide bonds. The average molecular weight is 343 g/mol. The molecular formula is C18H17NO6. The lowest BCUT2D eigenvalue weighted by molar-refractivity contribution is -0.385. The lowest BCUT2D eigenvalue weighted by atomic mass is 10.1. The predicted octanol–water partition coefficient (Wildman–Crippen LogP) is 3.44. The fourth-order valence-corrected chi connectivity index (χ4v) is 2.59. The van der Waals surface area contributed by atoms with Crippen LogP contribution in [0.5, 0.6) is 5.75 Å². The second kappa shape index (κ2) is 6.90. The Kier molecular flexibility index (Phi) is 4.67. The Hall–Kier alpha value is -2.93. The summed E-state index contributed by atoms with van der Waals surface area (Å²) < 4.78 is 15.9. The second-order valence-corrected chi connectivity index (χ2v) is 5.84. The third-order valence-corrected chi connectivity index (χ3v) is 4.08. The summed E-state index contributed by atoms with van der Waals surface area (Å²) in [5, 5.41) is 11.1. The van der Waals surface area contributed by atoms with Gasteiger partial charge in [-0.1, -0.05) is 6.07 Å². The maximum atomic E-state index is 12.2. The Morgan fingerprint density at radius 3 is 2.76 bits per heavy atom. The summed E-state index contributed by atoms with van der Waals surface area (Å²) >= 11 is 0. The van der Waals surface area contributed by atoms with Gasteiger partial charge in [0.05, 0.1) is 17.1 Å². The Balaban J connectivity index is 1.82. The molecule has 1 aliphatic heterocycles. The number of fused-ring (bicyclic) bond motifs is 1. The minimum absolute atomic E-state index is 0.0584. The highest BCUT2D eigenvalue weighted by atomic mass is 16.7. The van der Waals surface area contributed by atoms with E-state index in [0.717, 1.165) is 11.1 Å². The van der Waals surface area contributed by atoms with Crippen LogP contribution in [-0.2, 0) is 22.7 Å². The Morgan fingerprint density at radius 1 is 1.24 bits per heavy atom. The van der Waals surface area contributed by atoms with Gasteiger partial charge in [-0.15, -0.1) is 0 Å². The number of aryl methyl sites for hydroxylation is 2. The molecule has 2 aromatic carbocycles. The molecule has 0 unspecified atom stereocenters. The summed E-state index contributed by atoms with van der Waals surface area (Å²) in [6.07, 6.45) is 0. The fraction of sp³-hybridized carbons (Fsp3) is 0.278. The molecule has 130 valence electrons. The molecule has 0 saturated carbocycles. The van der Waals surface area contributed by atoms with Crippen molar-refractivity contribution < 1.29 is 23.9 Å². The zero-order chi connectivity index (χ0) is 18.0. The number of hydrogen-bond acceptors (Lipinski definition) is 6. The molecule has 7 nitrogen and oxygen atoms in total. The molecule has 2 aromatic rings. The molecule has 0 N–H and O–H groups in total. The van der Waals surface area contributed by atoms with E-state index in [1.165, 1.54) is 12.1 Å². The van der Waals surface area contributed by atoms with Crippen molar-refractivity contribution in [1.82, 2.24) is 0 Å². The van der Waals surface area contributed by atoms with Crippen LogP contribution in [0.25, 0.3) is 0 Å². The first-order valence-corrected chi connectivity index (χ1v) is 7.71. The molecule has 0 aliphatic carbocycles. The van der Waals surface area contributed by atoms with E-state index in [9.17, 15) is 14.9 Å². The summed E-state index contributed by atoms with van der Waals surface area (Å²) in [6.45, 7) is 4.03. The number of carbonyl (C=O) groups excluding carboxylic acids is 1. The lowest BCUT2D eigenvalue weighted by Crippen LogP contribution is -2.15. The number of nitro benzene ring substituents is 1. The molecule has 7 heteroatoms. The van der Waals surface area contributed by atoms with Crippen LogP contribution in [0.15, 0.2) is 30.3 Å². The van der Waals surface area contributed by atoms with Gasteiger partial charge in [-0.25, -0.2) is 4.79 Å². The Bertz CT molecular complexity index is 846. The number of benzene rings is 2. The van der Waals surface area contributed by atoms with E-state index >= 15 is 0 Å². The van der Waals surface area contributed by atoms with Crippen LogP contribution < -0.4 is 4.74 Å². The summed E-state index contributed by atoms with van der Waals surface area (Å²) in [5.41, 5.74) is 3.43. The van der Waals surface area contributed by atoms with Crippen molar-refractivity contribution >= 4 is 11.7 Å². The van der Waals surface area contributed by atoms with Crippen molar-refractivity contribution in [3.05, 3.63) is 68.3 Å². The minimum atomic E-state index is -0.496.